The highest BCUT2D eigenvalue weighted by Crippen LogP contribution is 2.34. The zero-order valence-electron chi connectivity index (χ0n) is 14.2. The van der Waals surface area contributed by atoms with Gasteiger partial charge in [0.1, 0.15) is 5.75 Å². The van der Waals surface area contributed by atoms with Crippen molar-refractivity contribution in [1.29, 1.82) is 0 Å². The van der Waals surface area contributed by atoms with Crippen LogP contribution in [0, 0.1) is 0 Å². The van der Waals surface area contributed by atoms with E-state index in [1.165, 1.54) is 12.1 Å². The molecule has 134 valence electrons. The topological polar surface area (TPSA) is 108 Å². The maximum Gasteiger partial charge on any atom is 0.238 e. The third-order valence-corrected chi connectivity index (χ3v) is 5.06. The predicted octanol–water partition coefficient (Wildman–Crippen LogP) is 2.53. The smallest absolute Gasteiger partial charge is 0.238 e. The zero-order valence-corrected chi connectivity index (χ0v) is 15.0. The molecule has 0 bridgehead atoms. The highest BCUT2D eigenvalue weighted by atomic mass is 32.2. The van der Waals surface area contributed by atoms with Crippen LogP contribution in [-0.4, -0.2) is 20.5 Å². The Hall–Kier alpha value is -2.74. The molecule has 0 aliphatic heterocycles. The summed E-state index contributed by atoms with van der Waals surface area (Å²) in [6.07, 6.45) is 3.42. The lowest BCUT2D eigenvalue weighted by Gasteiger charge is -2.13. The summed E-state index contributed by atoms with van der Waals surface area (Å²) in [5.74, 6) is 0.722. The quantitative estimate of drug-likeness (QED) is 0.718. The third-order valence-electron chi connectivity index (χ3n) is 4.13. The van der Waals surface area contributed by atoms with Crippen molar-refractivity contribution >= 4 is 10.0 Å². The SMILES string of the molecule is COc1ccncc1-c1ccc(-c2ccc(S(N)(=O)=O)cc2)cc1CN. The number of benzene rings is 2. The molecule has 0 atom stereocenters. The highest BCUT2D eigenvalue weighted by Gasteiger charge is 2.12. The van der Waals surface area contributed by atoms with Crippen LogP contribution in [0.4, 0.5) is 0 Å². The van der Waals surface area contributed by atoms with Gasteiger partial charge in [-0.3, -0.25) is 4.98 Å². The molecule has 26 heavy (non-hydrogen) atoms. The van der Waals surface area contributed by atoms with Gasteiger partial charge in [-0.1, -0.05) is 24.3 Å². The van der Waals surface area contributed by atoms with Gasteiger partial charge in [0, 0.05) is 24.5 Å². The zero-order chi connectivity index (χ0) is 18.7. The van der Waals surface area contributed by atoms with Crippen LogP contribution in [0.15, 0.2) is 65.8 Å². The van der Waals surface area contributed by atoms with Crippen molar-refractivity contribution in [3.63, 3.8) is 0 Å². The number of aromatic nitrogens is 1. The highest BCUT2D eigenvalue weighted by molar-refractivity contribution is 7.89. The third kappa shape index (κ3) is 3.60. The van der Waals surface area contributed by atoms with Crippen LogP contribution in [0.2, 0.25) is 0 Å². The molecule has 0 radical (unpaired) electrons. The van der Waals surface area contributed by atoms with E-state index in [1.807, 2.05) is 18.2 Å². The lowest BCUT2D eigenvalue weighted by molar-refractivity contribution is 0.416. The first-order valence-corrected chi connectivity index (χ1v) is 9.43. The Balaban J connectivity index is 2.04. The molecule has 1 heterocycles. The first-order valence-electron chi connectivity index (χ1n) is 7.88. The van der Waals surface area contributed by atoms with Gasteiger partial charge in [-0.25, -0.2) is 13.6 Å². The van der Waals surface area contributed by atoms with Crippen molar-refractivity contribution in [2.24, 2.45) is 10.9 Å². The van der Waals surface area contributed by atoms with E-state index < -0.39 is 10.0 Å². The average Bonchev–Trinajstić information content (AvgIpc) is 2.67. The monoisotopic (exact) mass is 369 g/mol. The second-order valence-corrected chi connectivity index (χ2v) is 7.28. The summed E-state index contributed by atoms with van der Waals surface area (Å²) >= 11 is 0. The fourth-order valence-electron chi connectivity index (χ4n) is 2.80. The number of hydrogen-bond donors (Lipinski definition) is 2. The van der Waals surface area contributed by atoms with Gasteiger partial charge in [0.15, 0.2) is 0 Å². The van der Waals surface area contributed by atoms with Crippen LogP contribution in [-0.2, 0) is 16.6 Å². The molecule has 0 aliphatic carbocycles. The van der Waals surface area contributed by atoms with Crippen molar-refractivity contribution in [3.8, 4) is 28.0 Å². The minimum absolute atomic E-state index is 0.0806. The number of nitrogens with two attached hydrogens (primary N) is 2. The number of nitrogens with zero attached hydrogens (tertiary/aromatic N) is 1. The van der Waals surface area contributed by atoms with E-state index in [1.54, 1.807) is 37.7 Å². The summed E-state index contributed by atoms with van der Waals surface area (Å²) < 4.78 is 28.2. The van der Waals surface area contributed by atoms with E-state index in [0.29, 0.717) is 6.54 Å². The molecule has 0 unspecified atom stereocenters. The number of sulfonamides is 1. The van der Waals surface area contributed by atoms with Crippen molar-refractivity contribution in [3.05, 3.63) is 66.5 Å². The fourth-order valence-corrected chi connectivity index (χ4v) is 3.32. The van der Waals surface area contributed by atoms with Crippen LogP contribution in [0.3, 0.4) is 0 Å². The van der Waals surface area contributed by atoms with Gasteiger partial charge in [0.05, 0.1) is 12.0 Å². The van der Waals surface area contributed by atoms with Gasteiger partial charge < -0.3 is 10.5 Å². The van der Waals surface area contributed by atoms with Crippen molar-refractivity contribution in [2.45, 2.75) is 11.4 Å². The van der Waals surface area contributed by atoms with Gasteiger partial charge in [0.25, 0.3) is 0 Å². The van der Waals surface area contributed by atoms with E-state index >= 15 is 0 Å². The van der Waals surface area contributed by atoms with Crippen molar-refractivity contribution < 1.29 is 13.2 Å². The Morgan fingerprint density at radius 2 is 1.69 bits per heavy atom. The predicted molar refractivity (Wildman–Crippen MR) is 101 cm³/mol. The first-order chi connectivity index (χ1) is 12.4. The molecule has 0 amide bonds. The minimum Gasteiger partial charge on any atom is -0.496 e. The fraction of sp³-hybridized carbons (Fsp3) is 0.105. The molecule has 0 aliphatic rings. The minimum atomic E-state index is -3.71. The van der Waals surface area contributed by atoms with Gasteiger partial charge in [-0.05, 0) is 46.5 Å². The molecule has 0 spiro atoms. The van der Waals surface area contributed by atoms with E-state index in [0.717, 1.165) is 33.6 Å². The van der Waals surface area contributed by atoms with Crippen molar-refractivity contribution in [1.82, 2.24) is 4.98 Å². The number of rotatable bonds is 5. The first kappa shape index (κ1) is 18.1. The summed E-state index contributed by atoms with van der Waals surface area (Å²) in [5, 5.41) is 5.14. The van der Waals surface area contributed by atoms with Gasteiger partial charge in [-0.15, -0.1) is 0 Å². The maximum atomic E-state index is 11.4. The molecular formula is C19H19N3O3S. The Labute approximate surface area is 152 Å². The molecule has 0 saturated carbocycles. The summed E-state index contributed by atoms with van der Waals surface area (Å²) in [4.78, 5) is 4.25. The molecule has 6 nitrogen and oxygen atoms in total. The number of pyridine rings is 1. The summed E-state index contributed by atoms with van der Waals surface area (Å²) in [6, 6.07) is 14.1. The second kappa shape index (κ2) is 7.25. The molecule has 2 aromatic carbocycles. The van der Waals surface area contributed by atoms with Gasteiger partial charge in [0.2, 0.25) is 10.0 Å². The number of ether oxygens (including phenoxy) is 1. The summed E-state index contributed by atoms with van der Waals surface area (Å²) in [6.45, 7) is 0.344. The van der Waals surface area contributed by atoms with Crippen molar-refractivity contribution in [2.75, 3.05) is 7.11 Å². The number of hydrogen-bond acceptors (Lipinski definition) is 5. The lowest BCUT2D eigenvalue weighted by Crippen LogP contribution is -2.11. The Kier molecular flexibility index (Phi) is 5.03. The molecule has 1 aromatic heterocycles. The Bertz CT molecular complexity index is 1030. The molecule has 3 rings (SSSR count). The maximum absolute atomic E-state index is 11.4. The Morgan fingerprint density at radius 1 is 1.00 bits per heavy atom. The summed E-state index contributed by atoms with van der Waals surface area (Å²) in [5.41, 5.74) is 10.5. The normalized spacial score (nSPS) is 11.3. The summed E-state index contributed by atoms with van der Waals surface area (Å²) in [7, 11) is -2.09. The largest absolute Gasteiger partial charge is 0.496 e. The molecular weight excluding hydrogens is 350 g/mol. The van der Waals surface area contributed by atoms with Gasteiger partial charge >= 0.3 is 0 Å². The molecule has 0 saturated heterocycles. The van der Waals surface area contributed by atoms with Crippen LogP contribution >= 0.6 is 0 Å². The van der Waals surface area contributed by atoms with E-state index in [4.69, 9.17) is 15.6 Å². The molecule has 4 N–H and O–H groups in total. The standard InChI is InChI=1S/C19H19N3O3S/c1-25-19-8-9-22-12-18(19)17-7-4-14(10-15(17)11-20)13-2-5-16(6-3-13)26(21,23)24/h2-10,12H,11,20H2,1H3,(H2,21,23,24). The molecule has 0 fully saturated rings. The number of primary sulfonamides is 1. The lowest BCUT2D eigenvalue weighted by atomic mass is 9.95. The van der Waals surface area contributed by atoms with Crippen LogP contribution < -0.4 is 15.6 Å². The van der Waals surface area contributed by atoms with E-state index in [2.05, 4.69) is 4.98 Å². The van der Waals surface area contributed by atoms with E-state index in [-0.39, 0.29) is 4.90 Å². The van der Waals surface area contributed by atoms with E-state index in [9.17, 15) is 8.42 Å². The Morgan fingerprint density at radius 3 is 2.31 bits per heavy atom. The van der Waals surface area contributed by atoms with Crippen LogP contribution in [0.1, 0.15) is 5.56 Å². The van der Waals surface area contributed by atoms with Crippen LogP contribution in [0.25, 0.3) is 22.3 Å². The second-order valence-electron chi connectivity index (χ2n) is 5.72. The molecule has 3 aromatic rings. The molecule has 7 heteroatoms. The average molecular weight is 369 g/mol. The number of methoxy groups -OCH3 is 1. The van der Waals surface area contributed by atoms with Gasteiger partial charge in [-0.2, -0.15) is 0 Å². The van der Waals surface area contributed by atoms with Crippen LogP contribution in [0.5, 0.6) is 5.75 Å².